The smallest absolute Gasteiger partial charge is 0.253 e. The molecule has 1 aliphatic heterocycles. The van der Waals surface area contributed by atoms with E-state index in [-0.39, 0.29) is 17.2 Å². The largest absolute Gasteiger partial charge is 0.355 e. The highest BCUT2D eigenvalue weighted by atomic mass is 32.1. The van der Waals surface area contributed by atoms with Crippen LogP contribution in [0.25, 0.3) is 0 Å². The Labute approximate surface area is 137 Å². The SMILES string of the molecule is CCC1(C(=O)NCCS)CCN(C(=O)c2ccccc2)CC1. The molecule has 5 heteroatoms. The van der Waals surface area contributed by atoms with E-state index in [0.717, 1.165) is 19.3 Å². The average molecular weight is 320 g/mol. The first-order valence-electron chi connectivity index (χ1n) is 7.86. The molecule has 1 N–H and O–H groups in total. The fourth-order valence-corrected chi connectivity index (χ4v) is 3.11. The van der Waals surface area contributed by atoms with Gasteiger partial charge in [-0.2, -0.15) is 12.6 Å². The Morgan fingerprint density at radius 2 is 1.86 bits per heavy atom. The molecule has 1 saturated heterocycles. The van der Waals surface area contributed by atoms with Crippen molar-refractivity contribution in [3.05, 3.63) is 35.9 Å². The summed E-state index contributed by atoms with van der Waals surface area (Å²) < 4.78 is 0. The van der Waals surface area contributed by atoms with Gasteiger partial charge in [-0.25, -0.2) is 0 Å². The van der Waals surface area contributed by atoms with E-state index in [0.29, 0.717) is 31.0 Å². The molecule has 2 amide bonds. The molecule has 1 fully saturated rings. The number of nitrogens with one attached hydrogen (secondary N) is 1. The number of nitrogens with zero attached hydrogens (tertiary/aromatic N) is 1. The molecule has 0 radical (unpaired) electrons. The van der Waals surface area contributed by atoms with Crippen LogP contribution in [0.1, 0.15) is 36.5 Å². The number of piperidine rings is 1. The third kappa shape index (κ3) is 3.64. The zero-order valence-corrected chi connectivity index (χ0v) is 13.9. The van der Waals surface area contributed by atoms with Crippen LogP contribution in [0.5, 0.6) is 0 Å². The maximum absolute atomic E-state index is 12.5. The van der Waals surface area contributed by atoms with E-state index in [2.05, 4.69) is 24.9 Å². The van der Waals surface area contributed by atoms with Gasteiger partial charge in [-0.15, -0.1) is 0 Å². The van der Waals surface area contributed by atoms with Crippen molar-refractivity contribution in [2.45, 2.75) is 26.2 Å². The van der Waals surface area contributed by atoms with Gasteiger partial charge in [0, 0.05) is 31.0 Å². The normalized spacial score (nSPS) is 17.1. The van der Waals surface area contributed by atoms with Gasteiger partial charge in [-0.1, -0.05) is 25.1 Å². The minimum atomic E-state index is -0.337. The molecule has 0 atom stereocenters. The lowest BCUT2D eigenvalue weighted by atomic mass is 9.75. The molecule has 0 aromatic heterocycles. The van der Waals surface area contributed by atoms with Crippen LogP contribution in [0.3, 0.4) is 0 Å². The Balaban J connectivity index is 1.99. The Morgan fingerprint density at radius 1 is 1.23 bits per heavy atom. The lowest BCUT2D eigenvalue weighted by molar-refractivity contribution is -0.133. The number of carbonyl (C=O) groups excluding carboxylic acids is 2. The zero-order chi connectivity index (χ0) is 16.0. The molecule has 4 nitrogen and oxygen atoms in total. The van der Waals surface area contributed by atoms with E-state index in [1.54, 1.807) is 0 Å². The monoisotopic (exact) mass is 320 g/mol. The molecule has 1 aromatic rings. The number of thiol groups is 1. The second-order valence-electron chi connectivity index (χ2n) is 5.77. The Hall–Kier alpha value is -1.49. The molecule has 1 heterocycles. The standard InChI is InChI=1S/C17H24N2O2S/c1-2-17(16(21)18-10-13-22)8-11-19(12-9-17)15(20)14-6-4-3-5-7-14/h3-7,22H,2,8-13H2,1H3,(H,18,21). The second-order valence-corrected chi connectivity index (χ2v) is 6.22. The summed E-state index contributed by atoms with van der Waals surface area (Å²) in [6, 6.07) is 9.32. The first kappa shape index (κ1) is 16.9. The predicted octanol–water partition coefficient (Wildman–Crippen LogP) is 2.37. The number of hydrogen-bond donors (Lipinski definition) is 2. The first-order chi connectivity index (χ1) is 10.6. The second kappa shape index (κ2) is 7.68. The third-order valence-corrected chi connectivity index (χ3v) is 4.81. The van der Waals surface area contributed by atoms with Crippen molar-refractivity contribution in [2.24, 2.45) is 5.41 Å². The number of likely N-dealkylation sites (tertiary alicyclic amines) is 1. The van der Waals surface area contributed by atoms with Crippen molar-refractivity contribution in [1.29, 1.82) is 0 Å². The van der Waals surface area contributed by atoms with Gasteiger partial charge in [0.1, 0.15) is 0 Å². The van der Waals surface area contributed by atoms with Crippen LogP contribution in [0.4, 0.5) is 0 Å². The van der Waals surface area contributed by atoms with Crippen molar-refractivity contribution in [2.75, 3.05) is 25.4 Å². The predicted molar refractivity (Wildman–Crippen MR) is 91.2 cm³/mol. The lowest BCUT2D eigenvalue weighted by Gasteiger charge is -2.40. The van der Waals surface area contributed by atoms with Crippen molar-refractivity contribution < 1.29 is 9.59 Å². The topological polar surface area (TPSA) is 49.4 Å². The van der Waals surface area contributed by atoms with Crippen molar-refractivity contribution in [3.8, 4) is 0 Å². The maximum atomic E-state index is 12.5. The lowest BCUT2D eigenvalue weighted by Crippen LogP contribution is -2.50. The molecule has 22 heavy (non-hydrogen) atoms. The molecular formula is C17H24N2O2S. The van der Waals surface area contributed by atoms with Gasteiger partial charge in [0.05, 0.1) is 5.41 Å². The highest BCUT2D eigenvalue weighted by Crippen LogP contribution is 2.35. The van der Waals surface area contributed by atoms with Crippen LogP contribution in [0, 0.1) is 5.41 Å². The summed E-state index contributed by atoms with van der Waals surface area (Å²) in [4.78, 5) is 26.7. The summed E-state index contributed by atoms with van der Waals surface area (Å²) >= 11 is 4.13. The highest BCUT2D eigenvalue weighted by Gasteiger charge is 2.40. The molecule has 0 aliphatic carbocycles. The molecule has 0 saturated carbocycles. The molecule has 0 bridgehead atoms. The van der Waals surface area contributed by atoms with Crippen molar-refractivity contribution in [1.82, 2.24) is 10.2 Å². The van der Waals surface area contributed by atoms with Gasteiger partial charge in [-0.3, -0.25) is 9.59 Å². The zero-order valence-electron chi connectivity index (χ0n) is 13.0. The number of benzene rings is 1. The minimum Gasteiger partial charge on any atom is -0.355 e. The highest BCUT2D eigenvalue weighted by molar-refractivity contribution is 7.80. The Morgan fingerprint density at radius 3 is 2.41 bits per heavy atom. The van der Waals surface area contributed by atoms with Crippen LogP contribution in [0.2, 0.25) is 0 Å². The van der Waals surface area contributed by atoms with Crippen LogP contribution >= 0.6 is 12.6 Å². The van der Waals surface area contributed by atoms with Crippen LogP contribution in [-0.4, -0.2) is 42.1 Å². The summed E-state index contributed by atoms with van der Waals surface area (Å²) in [6.07, 6.45) is 2.25. The molecule has 1 aromatic carbocycles. The van der Waals surface area contributed by atoms with E-state index in [1.807, 2.05) is 35.2 Å². The Kier molecular flexibility index (Phi) is 5.89. The fourth-order valence-electron chi connectivity index (χ4n) is 3.00. The van der Waals surface area contributed by atoms with Crippen molar-refractivity contribution >= 4 is 24.4 Å². The first-order valence-corrected chi connectivity index (χ1v) is 8.49. The minimum absolute atomic E-state index is 0.0565. The van der Waals surface area contributed by atoms with E-state index < -0.39 is 0 Å². The summed E-state index contributed by atoms with van der Waals surface area (Å²) in [7, 11) is 0. The summed E-state index contributed by atoms with van der Waals surface area (Å²) in [5, 5.41) is 2.95. The van der Waals surface area contributed by atoms with E-state index >= 15 is 0 Å². The van der Waals surface area contributed by atoms with E-state index in [9.17, 15) is 9.59 Å². The van der Waals surface area contributed by atoms with Gasteiger partial charge in [0.2, 0.25) is 5.91 Å². The summed E-state index contributed by atoms with van der Waals surface area (Å²) in [5.41, 5.74) is 0.377. The molecular weight excluding hydrogens is 296 g/mol. The van der Waals surface area contributed by atoms with Gasteiger partial charge in [0.25, 0.3) is 5.91 Å². The molecule has 1 aliphatic rings. The van der Waals surface area contributed by atoms with Gasteiger partial charge < -0.3 is 10.2 Å². The summed E-state index contributed by atoms with van der Waals surface area (Å²) in [6.45, 7) is 3.91. The Bertz CT molecular complexity index is 511. The van der Waals surface area contributed by atoms with Crippen molar-refractivity contribution in [3.63, 3.8) is 0 Å². The fraction of sp³-hybridized carbons (Fsp3) is 0.529. The van der Waals surface area contributed by atoms with Crippen LogP contribution in [0.15, 0.2) is 30.3 Å². The number of hydrogen-bond acceptors (Lipinski definition) is 3. The molecule has 0 unspecified atom stereocenters. The van der Waals surface area contributed by atoms with Crippen LogP contribution < -0.4 is 5.32 Å². The third-order valence-electron chi connectivity index (χ3n) is 4.58. The molecule has 0 spiro atoms. The van der Waals surface area contributed by atoms with Gasteiger partial charge in [-0.05, 0) is 31.4 Å². The number of amides is 2. The summed E-state index contributed by atoms with van der Waals surface area (Å²) in [5.74, 6) is 0.807. The molecule has 2 rings (SSSR count). The molecule has 120 valence electrons. The van der Waals surface area contributed by atoms with Gasteiger partial charge in [0.15, 0.2) is 0 Å². The average Bonchev–Trinajstić information content (AvgIpc) is 2.59. The maximum Gasteiger partial charge on any atom is 0.253 e. The quantitative estimate of drug-likeness (QED) is 0.818. The van der Waals surface area contributed by atoms with E-state index in [4.69, 9.17) is 0 Å². The number of carbonyl (C=O) groups is 2. The van der Waals surface area contributed by atoms with Crippen LogP contribution in [-0.2, 0) is 4.79 Å². The number of rotatable bonds is 5. The van der Waals surface area contributed by atoms with E-state index in [1.165, 1.54) is 0 Å². The van der Waals surface area contributed by atoms with Gasteiger partial charge >= 0.3 is 0 Å².